The molecule has 0 spiro atoms. The molecule has 132 valence electrons. The summed E-state index contributed by atoms with van der Waals surface area (Å²) in [6.07, 6.45) is -0.706. The van der Waals surface area contributed by atoms with Gasteiger partial charge in [0, 0.05) is 23.3 Å². The average molecular weight is 361 g/mol. The van der Waals surface area contributed by atoms with Gasteiger partial charge in [0.25, 0.3) is 11.8 Å². The van der Waals surface area contributed by atoms with Crippen LogP contribution in [0, 0.1) is 13.8 Å². The second-order valence-electron chi connectivity index (χ2n) is 5.72. The van der Waals surface area contributed by atoms with Crippen LogP contribution < -0.4 is 15.4 Å². The molecule has 2 aromatic carbocycles. The molecule has 0 heterocycles. The third-order valence-corrected chi connectivity index (χ3v) is 4.11. The van der Waals surface area contributed by atoms with Crippen LogP contribution in [0.15, 0.2) is 36.4 Å². The largest absolute Gasteiger partial charge is 0.481 e. The van der Waals surface area contributed by atoms with Crippen molar-refractivity contribution in [2.75, 3.05) is 12.4 Å². The minimum absolute atomic E-state index is 0.199. The van der Waals surface area contributed by atoms with Crippen molar-refractivity contribution < 1.29 is 14.3 Å². The highest BCUT2D eigenvalue weighted by atomic mass is 35.5. The van der Waals surface area contributed by atoms with E-state index in [9.17, 15) is 9.59 Å². The quantitative estimate of drug-likeness (QED) is 0.853. The molecule has 1 unspecified atom stereocenters. The third kappa shape index (κ3) is 4.51. The lowest BCUT2D eigenvalue weighted by Crippen LogP contribution is -2.31. The fourth-order valence-corrected chi connectivity index (χ4v) is 2.60. The van der Waals surface area contributed by atoms with Crippen LogP contribution in [0.5, 0.6) is 5.75 Å². The second-order valence-corrected chi connectivity index (χ2v) is 6.15. The molecule has 0 saturated heterocycles. The van der Waals surface area contributed by atoms with Gasteiger partial charge in [-0.15, -0.1) is 0 Å². The molecule has 2 amide bonds. The van der Waals surface area contributed by atoms with Crippen LogP contribution in [-0.2, 0) is 4.79 Å². The van der Waals surface area contributed by atoms with Gasteiger partial charge in [-0.25, -0.2) is 0 Å². The van der Waals surface area contributed by atoms with Crippen molar-refractivity contribution in [2.45, 2.75) is 26.9 Å². The molecule has 2 aromatic rings. The number of halogens is 1. The number of ether oxygens (including phenoxy) is 1. The molecular weight excluding hydrogens is 340 g/mol. The smallest absolute Gasteiger partial charge is 0.265 e. The molecule has 2 rings (SSSR count). The average Bonchev–Trinajstić information content (AvgIpc) is 2.58. The van der Waals surface area contributed by atoms with E-state index in [2.05, 4.69) is 10.6 Å². The van der Waals surface area contributed by atoms with E-state index in [4.69, 9.17) is 16.3 Å². The summed E-state index contributed by atoms with van der Waals surface area (Å²) >= 11 is 5.93. The summed E-state index contributed by atoms with van der Waals surface area (Å²) in [6, 6.07) is 10.4. The first-order valence-corrected chi connectivity index (χ1v) is 8.26. The Balaban J connectivity index is 2.12. The maximum Gasteiger partial charge on any atom is 0.265 e. The molecule has 0 radical (unpaired) electrons. The van der Waals surface area contributed by atoms with Crippen LogP contribution >= 0.6 is 11.6 Å². The van der Waals surface area contributed by atoms with Crippen molar-refractivity contribution in [3.63, 3.8) is 0 Å². The van der Waals surface area contributed by atoms with Gasteiger partial charge >= 0.3 is 0 Å². The number of hydrogen-bond donors (Lipinski definition) is 2. The number of carbonyl (C=O) groups excluding carboxylic acids is 2. The molecular formula is C19H21ClN2O3. The maximum atomic E-state index is 12.4. The zero-order chi connectivity index (χ0) is 18.6. The summed E-state index contributed by atoms with van der Waals surface area (Å²) in [7, 11) is 1.57. The van der Waals surface area contributed by atoms with E-state index in [1.54, 1.807) is 57.3 Å². The fraction of sp³-hybridized carbons (Fsp3) is 0.263. The molecule has 0 saturated carbocycles. The van der Waals surface area contributed by atoms with E-state index in [1.165, 1.54) is 0 Å². The molecule has 0 fully saturated rings. The van der Waals surface area contributed by atoms with Gasteiger partial charge in [0.2, 0.25) is 0 Å². The second kappa shape index (κ2) is 8.03. The molecule has 1 atom stereocenters. The topological polar surface area (TPSA) is 67.4 Å². The van der Waals surface area contributed by atoms with Crippen LogP contribution in [0.1, 0.15) is 28.4 Å². The zero-order valence-corrected chi connectivity index (χ0v) is 15.4. The number of carbonyl (C=O) groups is 2. The SMILES string of the molecule is CNC(=O)c1cccc(NC(=O)C(C)Oc2ccc(Cl)cc2C)c1C. The highest BCUT2D eigenvalue weighted by Crippen LogP contribution is 2.24. The Bertz CT molecular complexity index is 805. The number of anilines is 1. The fourth-order valence-electron chi connectivity index (χ4n) is 2.38. The van der Waals surface area contributed by atoms with Crippen molar-refractivity contribution in [1.82, 2.24) is 5.32 Å². The first kappa shape index (κ1) is 18.8. The summed E-state index contributed by atoms with van der Waals surface area (Å²) in [5, 5.41) is 6.01. The van der Waals surface area contributed by atoms with Gasteiger partial charge in [-0.1, -0.05) is 17.7 Å². The number of benzene rings is 2. The summed E-state index contributed by atoms with van der Waals surface area (Å²) in [5.74, 6) is 0.101. The number of hydrogen-bond acceptors (Lipinski definition) is 3. The molecule has 0 bridgehead atoms. The summed E-state index contributed by atoms with van der Waals surface area (Å²) in [6.45, 7) is 5.32. The molecule has 0 aliphatic rings. The minimum Gasteiger partial charge on any atom is -0.481 e. The van der Waals surface area contributed by atoms with Crippen LogP contribution in [0.4, 0.5) is 5.69 Å². The van der Waals surface area contributed by atoms with Gasteiger partial charge in [0.05, 0.1) is 0 Å². The van der Waals surface area contributed by atoms with Crippen LogP contribution in [0.25, 0.3) is 0 Å². The lowest BCUT2D eigenvalue weighted by Gasteiger charge is -2.18. The Kier molecular flexibility index (Phi) is 6.04. The summed E-state index contributed by atoms with van der Waals surface area (Å²) in [5.41, 5.74) is 2.65. The van der Waals surface area contributed by atoms with Crippen LogP contribution in [0.3, 0.4) is 0 Å². The Morgan fingerprint density at radius 2 is 1.88 bits per heavy atom. The molecule has 2 N–H and O–H groups in total. The summed E-state index contributed by atoms with van der Waals surface area (Å²) in [4.78, 5) is 24.3. The van der Waals surface area contributed by atoms with Gasteiger partial charge in [-0.05, 0) is 62.2 Å². The van der Waals surface area contributed by atoms with Crippen molar-refractivity contribution >= 4 is 29.1 Å². The lowest BCUT2D eigenvalue weighted by atomic mass is 10.1. The van der Waals surface area contributed by atoms with Gasteiger partial charge in [-0.3, -0.25) is 9.59 Å². The molecule has 0 aromatic heterocycles. The molecule has 25 heavy (non-hydrogen) atoms. The molecule has 0 aliphatic carbocycles. The highest BCUT2D eigenvalue weighted by Gasteiger charge is 2.18. The van der Waals surface area contributed by atoms with E-state index in [0.29, 0.717) is 27.6 Å². The number of rotatable bonds is 5. The highest BCUT2D eigenvalue weighted by molar-refractivity contribution is 6.30. The van der Waals surface area contributed by atoms with E-state index in [-0.39, 0.29) is 11.8 Å². The molecule has 6 heteroatoms. The molecule has 0 aliphatic heterocycles. The van der Waals surface area contributed by atoms with E-state index in [0.717, 1.165) is 5.56 Å². The first-order chi connectivity index (χ1) is 11.8. The van der Waals surface area contributed by atoms with Crippen LogP contribution in [0.2, 0.25) is 5.02 Å². The number of aryl methyl sites for hydroxylation is 1. The van der Waals surface area contributed by atoms with Gasteiger partial charge < -0.3 is 15.4 Å². The molecule has 5 nitrogen and oxygen atoms in total. The van der Waals surface area contributed by atoms with Crippen molar-refractivity contribution in [1.29, 1.82) is 0 Å². The van der Waals surface area contributed by atoms with Crippen LogP contribution in [-0.4, -0.2) is 25.0 Å². The monoisotopic (exact) mass is 360 g/mol. The number of nitrogens with one attached hydrogen (secondary N) is 2. The Hall–Kier alpha value is -2.53. The minimum atomic E-state index is -0.706. The Morgan fingerprint density at radius 3 is 2.52 bits per heavy atom. The predicted molar refractivity (Wildman–Crippen MR) is 99.5 cm³/mol. The van der Waals surface area contributed by atoms with Crippen molar-refractivity contribution in [2.24, 2.45) is 0 Å². The van der Waals surface area contributed by atoms with E-state index in [1.807, 2.05) is 6.92 Å². The lowest BCUT2D eigenvalue weighted by molar-refractivity contribution is -0.122. The normalized spacial score (nSPS) is 11.6. The Labute approximate surface area is 152 Å². The van der Waals surface area contributed by atoms with Gasteiger partial charge in [0.15, 0.2) is 6.10 Å². The van der Waals surface area contributed by atoms with Gasteiger partial charge in [-0.2, -0.15) is 0 Å². The van der Waals surface area contributed by atoms with E-state index >= 15 is 0 Å². The Morgan fingerprint density at radius 1 is 1.16 bits per heavy atom. The number of amides is 2. The van der Waals surface area contributed by atoms with Crippen molar-refractivity contribution in [3.05, 3.63) is 58.1 Å². The van der Waals surface area contributed by atoms with E-state index < -0.39 is 6.10 Å². The predicted octanol–water partition coefficient (Wildman–Crippen LogP) is 3.72. The van der Waals surface area contributed by atoms with Gasteiger partial charge in [0.1, 0.15) is 5.75 Å². The standard InChI is InChI=1S/C19H21ClN2O3/c1-11-10-14(20)8-9-17(11)25-13(3)18(23)22-16-7-5-6-15(12(16)2)19(24)21-4/h5-10,13H,1-4H3,(H,21,24)(H,22,23). The summed E-state index contributed by atoms with van der Waals surface area (Å²) < 4.78 is 5.72. The maximum absolute atomic E-state index is 12.4. The third-order valence-electron chi connectivity index (χ3n) is 3.87. The van der Waals surface area contributed by atoms with Crippen molar-refractivity contribution in [3.8, 4) is 5.75 Å². The zero-order valence-electron chi connectivity index (χ0n) is 14.6. The first-order valence-electron chi connectivity index (χ1n) is 7.89.